The number of halogens is 3. The quantitative estimate of drug-likeness (QED) is 0.923. The van der Waals surface area contributed by atoms with Crippen molar-refractivity contribution in [2.75, 3.05) is 6.54 Å². The molecule has 0 aliphatic rings. The van der Waals surface area contributed by atoms with Crippen LogP contribution in [0.25, 0.3) is 0 Å². The topological polar surface area (TPSA) is 24.9 Å². The summed E-state index contributed by atoms with van der Waals surface area (Å²) in [5, 5.41) is 5.93. The molecule has 1 N–H and O–H groups in total. The lowest BCUT2D eigenvalue weighted by atomic mass is 10.0. The lowest BCUT2D eigenvalue weighted by molar-refractivity contribution is -0.137. The van der Waals surface area contributed by atoms with Crippen molar-refractivity contribution in [1.82, 2.24) is 10.3 Å². The second-order valence-electron chi connectivity index (χ2n) is 3.98. The Hall–Kier alpha value is -1.40. The van der Waals surface area contributed by atoms with Gasteiger partial charge in [0.05, 0.1) is 11.6 Å². The van der Waals surface area contributed by atoms with Gasteiger partial charge in [-0.05, 0) is 24.2 Å². The number of nitrogens with one attached hydrogen (secondary N) is 1. The lowest BCUT2D eigenvalue weighted by Crippen LogP contribution is -2.22. The molecule has 19 heavy (non-hydrogen) atoms. The van der Waals surface area contributed by atoms with E-state index in [0.29, 0.717) is 6.54 Å². The highest BCUT2D eigenvalue weighted by Crippen LogP contribution is 2.31. The third-order valence-electron chi connectivity index (χ3n) is 2.68. The first-order chi connectivity index (χ1) is 9.02. The normalized spacial score (nSPS) is 13.5. The molecule has 2 aromatic rings. The number of rotatable bonds is 4. The standard InChI is InChI=1S/C13H13F3N2S/c1-2-17-11(12-18-7-8-19-12)9-3-5-10(6-4-9)13(14,15)16/h3-8,11,17H,2H2,1H3. The van der Waals surface area contributed by atoms with Gasteiger partial charge in [0.25, 0.3) is 0 Å². The fraction of sp³-hybridized carbons (Fsp3) is 0.308. The van der Waals surface area contributed by atoms with E-state index >= 15 is 0 Å². The Morgan fingerprint density at radius 3 is 2.42 bits per heavy atom. The Morgan fingerprint density at radius 1 is 1.26 bits per heavy atom. The van der Waals surface area contributed by atoms with Crippen LogP contribution in [-0.4, -0.2) is 11.5 Å². The molecule has 1 atom stereocenters. The molecule has 102 valence electrons. The summed E-state index contributed by atoms with van der Waals surface area (Å²) in [7, 11) is 0. The molecule has 0 saturated heterocycles. The first kappa shape index (κ1) is 14.0. The molecule has 0 amide bonds. The van der Waals surface area contributed by atoms with Crippen LogP contribution >= 0.6 is 11.3 Å². The molecule has 1 aromatic carbocycles. The number of alkyl halides is 3. The van der Waals surface area contributed by atoms with E-state index in [4.69, 9.17) is 0 Å². The molecule has 0 aliphatic heterocycles. The predicted molar refractivity (Wildman–Crippen MR) is 69.1 cm³/mol. The van der Waals surface area contributed by atoms with Gasteiger partial charge >= 0.3 is 6.18 Å². The van der Waals surface area contributed by atoms with Crippen LogP contribution in [0, 0.1) is 0 Å². The third kappa shape index (κ3) is 3.33. The molecule has 1 unspecified atom stereocenters. The van der Waals surface area contributed by atoms with E-state index in [1.54, 1.807) is 6.20 Å². The summed E-state index contributed by atoms with van der Waals surface area (Å²) in [6.45, 7) is 2.66. The van der Waals surface area contributed by atoms with E-state index in [1.807, 2.05) is 12.3 Å². The molecule has 0 radical (unpaired) electrons. The zero-order valence-electron chi connectivity index (χ0n) is 10.2. The third-order valence-corrected chi connectivity index (χ3v) is 3.52. The summed E-state index contributed by atoms with van der Waals surface area (Å²) in [4.78, 5) is 4.22. The van der Waals surface area contributed by atoms with Gasteiger partial charge in [0, 0.05) is 11.6 Å². The summed E-state index contributed by atoms with van der Waals surface area (Å²) in [5.74, 6) is 0. The van der Waals surface area contributed by atoms with Crippen molar-refractivity contribution < 1.29 is 13.2 Å². The average molecular weight is 286 g/mol. The largest absolute Gasteiger partial charge is 0.416 e. The number of hydrogen-bond donors (Lipinski definition) is 1. The van der Waals surface area contributed by atoms with E-state index in [1.165, 1.54) is 23.5 Å². The average Bonchev–Trinajstić information content (AvgIpc) is 2.89. The fourth-order valence-corrected chi connectivity index (χ4v) is 2.53. The van der Waals surface area contributed by atoms with Gasteiger partial charge in [-0.3, -0.25) is 0 Å². The molecule has 2 rings (SSSR count). The molecule has 0 bridgehead atoms. The highest BCUT2D eigenvalue weighted by atomic mass is 32.1. The Labute approximate surface area is 113 Å². The van der Waals surface area contributed by atoms with E-state index < -0.39 is 11.7 Å². The molecular weight excluding hydrogens is 273 g/mol. The monoisotopic (exact) mass is 286 g/mol. The Kier molecular flexibility index (Phi) is 4.21. The molecule has 1 heterocycles. The summed E-state index contributed by atoms with van der Waals surface area (Å²) in [5.41, 5.74) is 0.149. The maximum absolute atomic E-state index is 12.5. The molecule has 0 aliphatic carbocycles. The van der Waals surface area contributed by atoms with Crippen LogP contribution in [0.15, 0.2) is 35.8 Å². The van der Waals surface area contributed by atoms with Gasteiger partial charge < -0.3 is 5.32 Å². The van der Waals surface area contributed by atoms with Crippen LogP contribution in [0.1, 0.15) is 29.1 Å². The SMILES string of the molecule is CCNC(c1ccc(C(F)(F)F)cc1)c1nccs1. The van der Waals surface area contributed by atoms with Gasteiger partial charge in [0.15, 0.2) is 0 Å². The minimum Gasteiger partial charge on any atom is -0.305 e. The van der Waals surface area contributed by atoms with Crippen LogP contribution in [0.3, 0.4) is 0 Å². The van der Waals surface area contributed by atoms with Crippen LogP contribution < -0.4 is 5.32 Å². The van der Waals surface area contributed by atoms with E-state index in [2.05, 4.69) is 10.3 Å². The molecule has 0 saturated carbocycles. The summed E-state index contributed by atoms with van der Waals surface area (Å²) < 4.78 is 37.5. The number of thiazole rings is 1. The summed E-state index contributed by atoms with van der Waals surface area (Å²) in [6.07, 6.45) is -2.61. The lowest BCUT2D eigenvalue weighted by Gasteiger charge is -2.16. The second kappa shape index (κ2) is 5.71. The van der Waals surface area contributed by atoms with Crippen molar-refractivity contribution in [3.05, 3.63) is 52.0 Å². The van der Waals surface area contributed by atoms with Crippen molar-refractivity contribution >= 4 is 11.3 Å². The molecular formula is C13H13F3N2S. The van der Waals surface area contributed by atoms with Gasteiger partial charge in [-0.2, -0.15) is 13.2 Å². The van der Waals surface area contributed by atoms with Crippen molar-refractivity contribution in [2.24, 2.45) is 0 Å². The molecule has 0 fully saturated rings. The van der Waals surface area contributed by atoms with Crippen LogP contribution in [0.4, 0.5) is 13.2 Å². The van der Waals surface area contributed by atoms with Gasteiger partial charge in [0.2, 0.25) is 0 Å². The van der Waals surface area contributed by atoms with Crippen LogP contribution in [0.2, 0.25) is 0 Å². The first-order valence-corrected chi connectivity index (χ1v) is 6.70. The van der Waals surface area contributed by atoms with Gasteiger partial charge in [-0.15, -0.1) is 11.3 Å². The summed E-state index contributed by atoms with van der Waals surface area (Å²) in [6, 6.07) is 5.04. The van der Waals surface area contributed by atoms with E-state index in [-0.39, 0.29) is 6.04 Å². The molecule has 0 spiro atoms. The van der Waals surface area contributed by atoms with Crippen molar-refractivity contribution in [2.45, 2.75) is 19.1 Å². The summed E-state index contributed by atoms with van der Waals surface area (Å²) >= 11 is 1.48. The number of benzene rings is 1. The van der Waals surface area contributed by atoms with Gasteiger partial charge in [-0.1, -0.05) is 19.1 Å². The Morgan fingerprint density at radius 2 is 1.95 bits per heavy atom. The van der Waals surface area contributed by atoms with Gasteiger partial charge in [-0.25, -0.2) is 4.98 Å². The Bertz CT molecular complexity index is 506. The maximum Gasteiger partial charge on any atom is 0.416 e. The second-order valence-corrected chi connectivity index (χ2v) is 4.91. The molecule has 6 heteroatoms. The Balaban J connectivity index is 2.28. The zero-order valence-corrected chi connectivity index (χ0v) is 11.1. The number of nitrogens with zero attached hydrogens (tertiary/aromatic N) is 1. The van der Waals surface area contributed by atoms with Crippen LogP contribution in [-0.2, 0) is 6.18 Å². The minimum atomic E-state index is -4.30. The zero-order chi connectivity index (χ0) is 13.9. The molecule has 2 nitrogen and oxygen atoms in total. The van der Waals surface area contributed by atoms with E-state index in [9.17, 15) is 13.2 Å². The highest BCUT2D eigenvalue weighted by molar-refractivity contribution is 7.09. The fourth-order valence-electron chi connectivity index (χ4n) is 1.79. The predicted octanol–water partition coefficient (Wildman–Crippen LogP) is 3.86. The number of hydrogen-bond acceptors (Lipinski definition) is 3. The highest BCUT2D eigenvalue weighted by Gasteiger charge is 2.30. The van der Waals surface area contributed by atoms with Crippen molar-refractivity contribution in [1.29, 1.82) is 0 Å². The maximum atomic E-state index is 12.5. The van der Waals surface area contributed by atoms with Gasteiger partial charge in [0.1, 0.15) is 5.01 Å². The number of aromatic nitrogens is 1. The first-order valence-electron chi connectivity index (χ1n) is 5.82. The van der Waals surface area contributed by atoms with Crippen molar-refractivity contribution in [3.63, 3.8) is 0 Å². The van der Waals surface area contributed by atoms with Crippen molar-refractivity contribution in [3.8, 4) is 0 Å². The molecule has 1 aromatic heterocycles. The minimum absolute atomic E-state index is 0.160. The van der Waals surface area contributed by atoms with E-state index in [0.717, 1.165) is 22.7 Å². The van der Waals surface area contributed by atoms with Crippen LogP contribution in [0.5, 0.6) is 0 Å². The smallest absolute Gasteiger partial charge is 0.305 e.